The molecule has 4 heteroatoms. The van der Waals surface area contributed by atoms with Gasteiger partial charge in [-0.1, -0.05) is 26.8 Å². The van der Waals surface area contributed by atoms with Crippen molar-refractivity contribution in [3.63, 3.8) is 0 Å². The Bertz CT molecular complexity index is 811. The maximum absolute atomic E-state index is 12.7. The van der Waals surface area contributed by atoms with E-state index in [9.17, 15) is 4.79 Å². The number of hydrogen-bond acceptors (Lipinski definition) is 2. The SMILES string of the molecule is Cn1c2c(c3cc(CO[Si](C)(C)C(C)(C)C)ccc31)C(=O)CCCC2. The van der Waals surface area contributed by atoms with Crippen LogP contribution in [0.2, 0.25) is 18.1 Å². The Balaban J connectivity index is 1.96. The molecule has 0 saturated carbocycles. The Kier molecular flexibility index (Phi) is 4.71. The Morgan fingerprint density at radius 2 is 1.84 bits per heavy atom. The van der Waals surface area contributed by atoms with E-state index in [1.807, 2.05) is 0 Å². The van der Waals surface area contributed by atoms with E-state index in [1.54, 1.807) is 0 Å². The van der Waals surface area contributed by atoms with E-state index in [0.29, 0.717) is 18.8 Å². The lowest BCUT2D eigenvalue weighted by molar-refractivity contribution is 0.0983. The number of ketones is 1. The molecule has 0 fully saturated rings. The summed E-state index contributed by atoms with van der Waals surface area (Å²) < 4.78 is 8.59. The van der Waals surface area contributed by atoms with Crippen LogP contribution in [-0.2, 0) is 24.5 Å². The summed E-state index contributed by atoms with van der Waals surface area (Å²) in [6, 6.07) is 6.49. The Hall–Kier alpha value is -1.39. The zero-order chi connectivity index (χ0) is 18.4. The molecular weight excluding hydrogens is 326 g/mol. The molecular formula is C21H31NO2Si. The molecule has 0 radical (unpaired) electrons. The fraction of sp³-hybridized carbons (Fsp3) is 0.571. The van der Waals surface area contributed by atoms with Gasteiger partial charge in [-0.15, -0.1) is 0 Å². The topological polar surface area (TPSA) is 31.2 Å². The first-order valence-corrected chi connectivity index (χ1v) is 12.3. The summed E-state index contributed by atoms with van der Waals surface area (Å²) in [4.78, 5) is 12.7. The second kappa shape index (κ2) is 6.40. The summed E-state index contributed by atoms with van der Waals surface area (Å²) >= 11 is 0. The maximum Gasteiger partial charge on any atom is 0.192 e. The summed E-state index contributed by atoms with van der Waals surface area (Å²) in [6.07, 6.45) is 3.78. The second-order valence-corrected chi connectivity index (χ2v) is 13.7. The Morgan fingerprint density at radius 1 is 1.16 bits per heavy atom. The van der Waals surface area contributed by atoms with E-state index >= 15 is 0 Å². The van der Waals surface area contributed by atoms with Crippen LogP contribution in [0.3, 0.4) is 0 Å². The van der Waals surface area contributed by atoms with E-state index in [1.165, 1.54) is 11.3 Å². The van der Waals surface area contributed by atoms with Gasteiger partial charge >= 0.3 is 0 Å². The summed E-state index contributed by atoms with van der Waals surface area (Å²) in [5.74, 6) is 0.306. The van der Waals surface area contributed by atoms with Crippen molar-refractivity contribution >= 4 is 25.0 Å². The van der Waals surface area contributed by atoms with Crippen molar-refractivity contribution in [2.45, 2.75) is 71.2 Å². The molecule has 0 unspecified atom stereocenters. The van der Waals surface area contributed by atoms with Gasteiger partial charge in [-0.3, -0.25) is 4.79 Å². The van der Waals surface area contributed by atoms with Gasteiger partial charge in [0.05, 0.1) is 6.61 Å². The van der Waals surface area contributed by atoms with Crippen molar-refractivity contribution in [1.82, 2.24) is 4.57 Å². The molecule has 25 heavy (non-hydrogen) atoms. The monoisotopic (exact) mass is 357 g/mol. The molecule has 1 aromatic carbocycles. The molecule has 1 aliphatic carbocycles. The predicted octanol–water partition coefficient (Wildman–Crippen LogP) is 5.61. The van der Waals surface area contributed by atoms with Crippen LogP contribution in [0.1, 0.15) is 61.6 Å². The number of aryl methyl sites for hydroxylation is 1. The largest absolute Gasteiger partial charge is 0.413 e. The normalized spacial score (nSPS) is 16.2. The van der Waals surface area contributed by atoms with Gasteiger partial charge < -0.3 is 8.99 Å². The quantitative estimate of drug-likeness (QED) is 0.528. The zero-order valence-corrected chi connectivity index (χ0v) is 17.5. The molecule has 1 aromatic heterocycles. The third kappa shape index (κ3) is 3.34. The van der Waals surface area contributed by atoms with Gasteiger partial charge in [0.15, 0.2) is 14.1 Å². The smallest absolute Gasteiger partial charge is 0.192 e. The van der Waals surface area contributed by atoms with Crippen molar-refractivity contribution in [3.05, 3.63) is 35.0 Å². The van der Waals surface area contributed by atoms with Gasteiger partial charge in [-0.25, -0.2) is 0 Å². The molecule has 1 aliphatic rings. The number of rotatable bonds is 3. The van der Waals surface area contributed by atoms with E-state index in [4.69, 9.17) is 4.43 Å². The van der Waals surface area contributed by atoms with Gasteiger partial charge in [0.2, 0.25) is 0 Å². The van der Waals surface area contributed by atoms with Crippen LogP contribution >= 0.6 is 0 Å². The molecule has 0 aliphatic heterocycles. The lowest BCUT2D eigenvalue weighted by Gasteiger charge is -2.36. The molecule has 0 N–H and O–H groups in total. The molecule has 136 valence electrons. The third-order valence-corrected chi connectivity index (χ3v) is 10.6. The lowest BCUT2D eigenvalue weighted by Crippen LogP contribution is -2.40. The molecule has 0 bridgehead atoms. The van der Waals surface area contributed by atoms with Crippen LogP contribution in [0.25, 0.3) is 10.9 Å². The van der Waals surface area contributed by atoms with Crippen molar-refractivity contribution in [2.75, 3.05) is 0 Å². The Morgan fingerprint density at radius 3 is 2.52 bits per heavy atom. The first-order chi connectivity index (χ1) is 11.6. The van der Waals surface area contributed by atoms with Crippen LogP contribution < -0.4 is 0 Å². The number of aromatic nitrogens is 1. The van der Waals surface area contributed by atoms with E-state index in [2.05, 4.69) is 63.7 Å². The molecule has 2 aromatic rings. The highest BCUT2D eigenvalue weighted by Gasteiger charge is 2.37. The van der Waals surface area contributed by atoms with Crippen LogP contribution in [0, 0.1) is 0 Å². The average molecular weight is 358 g/mol. The average Bonchev–Trinajstić information content (AvgIpc) is 2.67. The second-order valence-electron chi connectivity index (χ2n) is 8.91. The lowest BCUT2D eigenvalue weighted by atomic mass is 10.0. The number of carbonyl (C=O) groups excluding carboxylic acids is 1. The first kappa shape index (κ1) is 18.4. The molecule has 0 amide bonds. The summed E-state index contributed by atoms with van der Waals surface area (Å²) in [5, 5.41) is 1.32. The predicted molar refractivity (Wildman–Crippen MR) is 107 cm³/mol. The molecule has 1 heterocycles. The van der Waals surface area contributed by atoms with Gasteiger partial charge in [0.1, 0.15) is 0 Å². The van der Waals surface area contributed by atoms with Crippen molar-refractivity contribution in [1.29, 1.82) is 0 Å². The number of Topliss-reactive ketones (excluding diaryl/α,β-unsaturated/α-hetero) is 1. The van der Waals surface area contributed by atoms with E-state index < -0.39 is 8.32 Å². The standard InChI is InChI=1S/C21H31NO2Si/c1-21(2,3)25(5,6)24-14-15-11-12-17-16(13-15)20-18(22(17)4)9-7-8-10-19(20)23/h11-13H,7-10,14H2,1-6H3. The number of benzene rings is 1. The minimum absolute atomic E-state index is 0.205. The first-order valence-electron chi connectivity index (χ1n) is 9.39. The summed E-state index contributed by atoms with van der Waals surface area (Å²) in [5.41, 5.74) is 4.50. The van der Waals surface area contributed by atoms with Crippen molar-refractivity contribution in [3.8, 4) is 0 Å². The van der Waals surface area contributed by atoms with Gasteiger partial charge in [-0.05, 0) is 55.1 Å². The van der Waals surface area contributed by atoms with Crippen molar-refractivity contribution in [2.24, 2.45) is 7.05 Å². The minimum Gasteiger partial charge on any atom is -0.413 e. The number of carbonyl (C=O) groups is 1. The molecule has 3 nitrogen and oxygen atoms in total. The zero-order valence-electron chi connectivity index (χ0n) is 16.5. The minimum atomic E-state index is -1.77. The van der Waals surface area contributed by atoms with Gasteiger partial charge in [0.25, 0.3) is 0 Å². The van der Waals surface area contributed by atoms with E-state index in [-0.39, 0.29) is 5.04 Å². The van der Waals surface area contributed by atoms with E-state index in [0.717, 1.165) is 35.7 Å². The molecule has 3 rings (SSSR count). The Labute approximate surface area is 152 Å². The number of nitrogens with zero attached hydrogens (tertiary/aromatic N) is 1. The summed E-state index contributed by atoms with van der Waals surface area (Å²) in [6.45, 7) is 12.0. The third-order valence-electron chi connectivity index (χ3n) is 6.14. The molecule has 0 spiro atoms. The molecule has 0 saturated heterocycles. The van der Waals surface area contributed by atoms with Gasteiger partial charge in [-0.2, -0.15) is 0 Å². The number of fused-ring (bicyclic) bond motifs is 3. The summed E-state index contributed by atoms with van der Waals surface area (Å²) in [7, 11) is 0.317. The fourth-order valence-corrected chi connectivity index (χ4v) is 4.38. The highest BCUT2D eigenvalue weighted by atomic mass is 28.4. The maximum atomic E-state index is 12.7. The highest BCUT2D eigenvalue weighted by molar-refractivity contribution is 6.74. The fourth-order valence-electron chi connectivity index (χ4n) is 3.42. The highest BCUT2D eigenvalue weighted by Crippen LogP contribution is 2.37. The van der Waals surface area contributed by atoms with Gasteiger partial charge in [0, 0.05) is 35.6 Å². The van der Waals surface area contributed by atoms with Crippen LogP contribution in [0.4, 0.5) is 0 Å². The van der Waals surface area contributed by atoms with Crippen LogP contribution in [-0.4, -0.2) is 18.7 Å². The van der Waals surface area contributed by atoms with Crippen LogP contribution in [0.15, 0.2) is 18.2 Å². The molecule has 0 atom stereocenters. The number of hydrogen-bond donors (Lipinski definition) is 0. The van der Waals surface area contributed by atoms with Crippen LogP contribution in [0.5, 0.6) is 0 Å². The van der Waals surface area contributed by atoms with Crippen molar-refractivity contribution < 1.29 is 9.22 Å².